The number of para-hydroxylation sites is 1. The van der Waals surface area contributed by atoms with E-state index < -0.39 is 6.03 Å². The number of nitrogens with one attached hydrogen (secondary N) is 1. The smallest absolute Gasteiger partial charge is 0.306 e. The third-order valence-corrected chi connectivity index (χ3v) is 2.36. The van der Waals surface area contributed by atoms with Crippen LogP contribution in [0.15, 0.2) is 30.3 Å². The molecule has 1 rings (SSSR count). The van der Waals surface area contributed by atoms with Crippen molar-refractivity contribution in [2.45, 2.75) is 32.7 Å². The molecule has 0 bridgehead atoms. The molecule has 16 heavy (non-hydrogen) atoms. The van der Waals surface area contributed by atoms with E-state index in [1.54, 1.807) is 12.1 Å². The molecule has 0 aliphatic heterocycles. The van der Waals surface area contributed by atoms with E-state index in [2.05, 4.69) is 5.32 Å². The van der Waals surface area contributed by atoms with Crippen molar-refractivity contribution in [3.05, 3.63) is 30.3 Å². The molecular formula is C12H18N2O2. The zero-order valence-corrected chi connectivity index (χ0v) is 9.68. The second-order valence-corrected chi connectivity index (χ2v) is 3.78. The number of carbonyl (C=O) groups excluding carboxylic acids is 1. The van der Waals surface area contributed by atoms with Gasteiger partial charge in [0.05, 0.1) is 6.04 Å². The van der Waals surface area contributed by atoms with E-state index in [-0.39, 0.29) is 6.04 Å². The maximum absolute atomic E-state index is 11.6. The molecule has 0 aromatic heterocycles. The number of hydrogen-bond donors (Lipinski definition) is 2. The van der Waals surface area contributed by atoms with Crippen molar-refractivity contribution in [3.63, 3.8) is 0 Å². The van der Waals surface area contributed by atoms with E-state index in [0.717, 1.165) is 17.9 Å². The maximum atomic E-state index is 11.6. The van der Waals surface area contributed by atoms with E-state index in [1.165, 1.54) is 0 Å². The van der Waals surface area contributed by atoms with Gasteiger partial charge in [0.1, 0.15) is 0 Å². The summed E-state index contributed by atoms with van der Waals surface area (Å²) in [4.78, 5) is 11.6. The summed E-state index contributed by atoms with van der Waals surface area (Å²) < 4.78 is 0. The number of carbonyl (C=O) groups is 1. The van der Waals surface area contributed by atoms with Crippen molar-refractivity contribution in [1.29, 1.82) is 0 Å². The van der Waals surface area contributed by atoms with E-state index >= 15 is 0 Å². The normalized spacial score (nSPS) is 11.9. The quantitative estimate of drug-likeness (QED) is 0.607. The molecule has 4 nitrogen and oxygen atoms in total. The minimum absolute atomic E-state index is 0.172. The third-order valence-electron chi connectivity index (χ3n) is 2.36. The summed E-state index contributed by atoms with van der Waals surface area (Å²) in [6, 6.07) is 8.40. The molecule has 2 amide bonds. The maximum Gasteiger partial charge on any atom is 0.345 e. The molecular weight excluding hydrogens is 204 g/mol. The lowest BCUT2D eigenvalue weighted by molar-refractivity contribution is -0.0697. The minimum Gasteiger partial charge on any atom is -0.306 e. The molecule has 0 aliphatic carbocycles. The number of hydroxylamine groups is 2. The number of benzene rings is 1. The van der Waals surface area contributed by atoms with Gasteiger partial charge < -0.3 is 5.32 Å². The summed E-state index contributed by atoms with van der Waals surface area (Å²) >= 11 is 0. The summed E-state index contributed by atoms with van der Waals surface area (Å²) in [7, 11) is 0. The summed E-state index contributed by atoms with van der Waals surface area (Å²) in [6.45, 7) is 3.83. The molecule has 88 valence electrons. The first kappa shape index (κ1) is 12.5. The lowest BCUT2D eigenvalue weighted by Crippen LogP contribution is -2.38. The van der Waals surface area contributed by atoms with Gasteiger partial charge in [0.15, 0.2) is 0 Å². The van der Waals surface area contributed by atoms with Gasteiger partial charge in [-0.1, -0.05) is 31.5 Å². The molecule has 0 radical (unpaired) electrons. The lowest BCUT2D eigenvalue weighted by atomic mass is 10.2. The molecule has 0 fully saturated rings. The summed E-state index contributed by atoms with van der Waals surface area (Å²) in [5, 5.41) is 13.0. The van der Waals surface area contributed by atoms with E-state index in [1.807, 2.05) is 32.0 Å². The van der Waals surface area contributed by atoms with Crippen LogP contribution in [0.1, 0.15) is 26.7 Å². The SMILES string of the molecule is CCCC(C)N(O)C(=O)Nc1ccccc1. The van der Waals surface area contributed by atoms with E-state index in [9.17, 15) is 10.0 Å². The number of amides is 2. The van der Waals surface area contributed by atoms with Gasteiger partial charge in [-0.15, -0.1) is 0 Å². The Morgan fingerprint density at radius 2 is 2.06 bits per heavy atom. The predicted molar refractivity (Wildman–Crippen MR) is 63.5 cm³/mol. The van der Waals surface area contributed by atoms with Crippen molar-refractivity contribution < 1.29 is 10.0 Å². The van der Waals surface area contributed by atoms with Crippen LogP contribution in [0.2, 0.25) is 0 Å². The predicted octanol–water partition coefficient (Wildman–Crippen LogP) is 3.10. The molecule has 0 spiro atoms. The van der Waals surface area contributed by atoms with Crippen LogP contribution < -0.4 is 5.32 Å². The van der Waals surface area contributed by atoms with Crippen LogP contribution >= 0.6 is 0 Å². The number of anilines is 1. The van der Waals surface area contributed by atoms with Gasteiger partial charge in [0, 0.05) is 5.69 Å². The van der Waals surface area contributed by atoms with Gasteiger partial charge in [-0.2, -0.15) is 0 Å². The Hall–Kier alpha value is -1.55. The molecule has 4 heteroatoms. The second-order valence-electron chi connectivity index (χ2n) is 3.78. The molecule has 2 N–H and O–H groups in total. The third kappa shape index (κ3) is 3.55. The Labute approximate surface area is 95.8 Å². The number of hydrogen-bond acceptors (Lipinski definition) is 2. The van der Waals surface area contributed by atoms with Gasteiger partial charge in [-0.3, -0.25) is 5.21 Å². The Balaban J connectivity index is 2.52. The largest absolute Gasteiger partial charge is 0.345 e. The van der Waals surface area contributed by atoms with E-state index in [0.29, 0.717) is 5.69 Å². The highest BCUT2D eigenvalue weighted by molar-refractivity contribution is 5.88. The Morgan fingerprint density at radius 1 is 1.44 bits per heavy atom. The molecule has 0 heterocycles. The van der Waals surface area contributed by atoms with Crippen molar-refractivity contribution in [1.82, 2.24) is 5.06 Å². The molecule has 1 unspecified atom stereocenters. The molecule has 0 aliphatic rings. The first-order chi connectivity index (χ1) is 7.65. The first-order valence-electron chi connectivity index (χ1n) is 5.49. The summed E-state index contributed by atoms with van der Waals surface area (Å²) in [5.74, 6) is 0. The van der Waals surface area contributed by atoms with Crippen molar-refractivity contribution in [2.24, 2.45) is 0 Å². The second kappa shape index (κ2) is 6.12. The highest BCUT2D eigenvalue weighted by Crippen LogP contribution is 2.09. The number of nitrogens with zero attached hydrogens (tertiary/aromatic N) is 1. The fourth-order valence-corrected chi connectivity index (χ4v) is 1.44. The van der Waals surface area contributed by atoms with Gasteiger partial charge in [0.2, 0.25) is 0 Å². The summed E-state index contributed by atoms with van der Waals surface area (Å²) in [6.07, 6.45) is 1.70. The van der Waals surface area contributed by atoms with Crippen LogP contribution in [0.3, 0.4) is 0 Å². The molecule has 1 atom stereocenters. The average Bonchev–Trinajstić information content (AvgIpc) is 2.29. The highest BCUT2D eigenvalue weighted by Gasteiger charge is 2.16. The van der Waals surface area contributed by atoms with Crippen LogP contribution in [0.5, 0.6) is 0 Å². The fourth-order valence-electron chi connectivity index (χ4n) is 1.44. The number of rotatable bonds is 4. The molecule has 0 saturated heterocycles. The highest BCUT2D eigenvalue weighted by atomic mass is 16.5. The molecule has 0 saturated carbocycles. The molecule has 1 aromatic carbocycles. The fraction of sp³-hybridized carbons (Fsp3) is 0.417. The Bertz CT molecular complexity index is 327. The standard InChI is InChI=1S/C12H18N2O2/c1-3-7-10(2)14(16)12(15)13-11-8-5-4-6-9-11/h4-6,8-10,16H,3,7H2,1-2H3,(H,13,15). The van der Waals surface area contributed by atoms with Crippen LogP contribution in [0.4, 0.5) is 10.5 Å². The van der Waals surface area contributed by atoms with Crippen molar-refractivity contribution in [2.75, 3.05) is 5.32 Å². The van der Waals surface area contributed by atoms with Crippen molar-refractivity contribution >= 4 is 11.7 Å². The van der Waals surface area contributed by atoms with Gasteiger partial charge in [-0.25, -0.2) is 9.86 Å². The van der Waals surface area contributed by atoms with Gasteiger partial charge in [0.25, 0.3) is 0 Å². The topological polar surface area (TPSA) is 52.6 Å². The molecule has 1 aromatic rings. The van der Waals surface area contributed by atoms with Crippen LogP contribution in [-0.2, 0) is 0 Å². The minimum atomic E-state index is -0.493. The Kier molecular flexibility index (Phi) is 4.79. The zero-order valence-electron chi connectivity index (χ0n) is 9.68. The van der Waals surface area contributed by atoms with Crippen molar-refractivity contribution in [3.8, 4) is 0 Å². The average molecular weight is 222 g/mol. The van der Waals surface area contributed by atoms with Gasteiger partial charge >= 0.3 is 6.03 Å². The van der Waals surface area contributed by atoms with Crippen LogP contribution in [0.25, 0.3) is 0 Å². The first-order valence-corrected chi connectivity index (χ1v) is 5.49. The van der Waals surface area contributed by atoms with Crippen LogP contribution in [0, 0.1) is 0 Å². The zero-order chi connectivity index (χ0) is 12.0. The van der Waals surface area contributed by atoms with E-state index in [4.69, 9.17) is 0 Å². The summed E-state index contributed by atoms with van der Waals surface area (Å²) in [5.41, 5.74) is 0.676. The Morgan fingerprint density at radius 3 is 2.62 bits per heavy atom. The van der Waals surface area contributed by atoms with Crippen LogP contribution in [-0.4, -0.2) is 22.3 Å². The lowest BCUT2D eigenvalue weighted by Gasteiger charge is -2.22. The number of urea groups is 1. The monoisotopic (exact) mass is 222 g/mol. The van der Waals surface area contributed by atoms with Gasteiger partial charge in [-0.05, 0) is 25.5 Å².